The molecule has 1 amide bonds. The van der Waals surface area contributed by atoms with E-state index in [1.54, 1.807) is 12.1 Å². The molecule has 1 aliphatic carbocycles. The molecule has 0 spiro atoms. The van der Waals surface area contributed by atoms with Crippen molar-refractivity contribution in [2.24, 2.45) is 0 Å². The van der Waals surface area contributed by atoms with E-state index in [0.29, 0.717) is 18.5 Å². The highest BCUT2D eigenvalue weighted by Gasteiger charge is 2.28. The molecule has 3 aromatic rings. The highest BCUT2D eigenvalue weighted by molar-refractivity contribution is 9.10. The molecule has 160 valence electrons. The summed E-state index contributed by atoms with van der Waals surface area (Å²) >= 11 is 3.32. The lowest BCUT2D eigenvalue weighted by atomic mass is 9.98. The monoisotopic (exact) mass is 489 g/mol. The Balaban J connectivity index is 1.31. The van der Waals surface area contributed by atoms with Crippen LogP contribution in [0.2, 0.25) is 0 Å². The Morgan fingerprint density at radius 1 is 1.00 bits per heavy atom. The molecule has 1 aliphatic rings. The van der Waals surface area contributed by atoms with E-state index in [2.05, 4.69) is 57.4 Å². The number of amides is 1. The number of fused-ring (bicyclic) bond motifs is 3. The fourth-order valence-corrected chi connectivity index (χ4v) is 4.20. The molecule has 0 saturated carbocycles. The van der Waals surface area contributed by atoms with E-state index >= 15 is 0 Å². The highest BCUT2D eigenvalue weighted by atomic mass is 79.9. The van der Waals surface area contributed by atoms with E-state index in [1.807, 2.05) is 24.3 Å². The predicted molar refractivity (Wildman–Crippen MR) is 126 cm³/mol. The van der Waals surface area contributed by atoms with Gasteiger partial charge in [-0.3, -0.25) is 0 Å². The molecule has 0 aromatic heterocycles. The first-order valence-corrected chi connectivity index (χ1v) is 10.9. The summed E-state index contributed by atoms with van der Waals surface area (Å²) in [5, 5.41) is 11.9. The van der Waals surface area contributed by atoms with Gasteiger partial charge in [0, 0.05) is 28.9 Å². The maximum absolute atomic E-state index is 12.2. The average Bonchev–Trinajstić information content (AvgIpc) is 3.11. The number of hydrogen-bond acceptors (Lipinski definition) is 3. The summed E-state index contributed by atoms with van der Waals surface area (Å²) in [5.74, 6) is 4.74. The minimum absolute atomic E-state index is 0.0129. The molecule has 5 nitrogen and oxygen atoms in total. The van der Waals surface area contributed by atoms with Crippen LogP contribution in [0, 0.1) is 11.8 Å². The zero-order valence-electron chi connectivity index (χ0n) is 17.1. The summed E-state index contributed by atoms with van der Waals surface area (Å²) < 4.78 is 6.24. The van der Waals surface area contributed by atoms with Crippen LogP contribution in [0.25, 0.3) is 11.1 Å². The van der Waals surface area contributed by atoms with Gasteiger partial charge in [0.05, 0.1) is 5.56 Å². The van der Waals surface area contributed by atoms with Crippen molar-refractivity contribution in [2.75, 3.05) is 13.2 Å². The molecular formula is C26H20BrNO4. The maximum Gasteiger partial charge on any atom is 0.407 e. The van der Waals surface area contributed by atoms with Gasteiger partial charge < -0.3 is 15.2 Å². The molecule has 4 rings (SSSR count). The number of aromatic carboxylic acids is 1. The first-order valence-electron chi connectivity index (χ1n) is 10.1. The third kappa shape index (κ3) is 4.68. The van der Waals surface area contributed by atoms with Crippen LogP contribution in [0.15, 0.2) is 71.2 Å². The van der Waals surface area contributed by atoms with Gasteiger partial charge in [-0.1, -0.05) is 76.3 Å². The summed E-state index contributed by atoms with van der Waals surface area (Å²) in [7, 11) is 0. The third-order valence-corrected chi connectivity index (χ3v) is 5.79. The molecule has 0 radical (unpaired) electrons. The molecule has 0 fully saturated rings. The normalized spacial score (nSPS) is 11.7. The fourth-order valence-electron chi connectivity index (χ4n) is 3.84. The lowest BCUT2D eigenvalue weighted by molar-refractivity contribution is 0.0696. The van der Waals surface area contributed by atoms with Crippen LogP contribution in [-0.2, 0) is 4.74 Å². The second-order valence-electron chi connectivity index (χ2n) is 7.30. The van der Waals surface area contributed by atoms with Gasteiger partial charge in [-0.2, -0.15) is 0 Å². The van der Waals surface area contributed by atoms with Crippen LogP contribution >= 0.6 is 15.9 Å². The van der Waals surface area contributed by atoms with Gasteiger partial charge in [0.1, 0.15) is 6.61 Å². The number of carbonyl (C=O) groups is 2. The third-order valence-electron chi connectivity index (χ3n) is 5.30. The number of ether oxygens (including phenoxy) is 1. The first kappa shape index (κ1) is 21.7. The lowest BCUT2D eigenvalue weighted by Gasteiger charge is -2.14. The maximum atomic E-state index is 12.2. The van der Waals surface area contributed by atoms with Crippen molar-refractivity contribution in [3.63, 3.8) is 0 Å². The van der Waals surface area contributed by atoms with Crippen LogP contribution in [0.5, 0.6) is 0 Å². The summed E-state index contributed by atoms with van der Waals surface area (Å²) in [5.41, 5.74) is 5.26. The van der Waals surface area contributed by atoms with Gasteiger partial charge in [0.15, 0.2) is 0 Å². The smallest absolute Gasteiger partial charge is 0.407 e. The molecule has 0 heterocycles. The molecular weight excluding hydrogens is 470 g/mol. The molecule has 0 saturated heterocycles. The second kappa shape index (κ2) is 9.71. The number of benzene rings is 3. The first-order chi connectivity index (χ1) is 15.5. The van der Waals surface area contributed by atoms with Gasteiger partial charge in [0.2, 0.25) is 0 Å². The van der Waals surface area contributed by atoms with Crippen LogP contribution in [-0.4, -0.2) is 30.3 Å². The zero-order valence-corrected chi connectivity index (χ0v) is 18.7. The van der Waals surface area contributed by atoms with Crippen LogP contribution in [0.3, 0.4) is 0 Å². The molecule has 6 heteroatoms. The molecule has 32 heavy (non-hydrogen) atoms. The van der Waals surface area contributed by atoms with E-state index in [9.17, 15) is 14.7 Å². The molecule has 3 aromatic carbocycles. The van der Waals surface area contributed by atoms with Crippen molar-refractivity contribution < 1.29 is 19.4 Å². The number of carboxylic acids is 1. The summed E-state index contributed by atoms with van der Waals surface area (Å²) in [6.07, 6.45) is -0.127. The Bertz CT molecular complexity index is 1200. The van der Waals surface area contributed by atoms with Gasteiger partial charge in [-0.25, -0.2) is 9.59 Å². The minimum Gasteiger partial charge on any atom is -0.478 e. The molecule has 2 N–H and O–H groups in total. The predicted octanol–water partition coefficient (Wildman–Crippen LogP) is 5.43. The van der Waals surface area contributed by atoms with Crippen molar-refractivity contribution in [3.05, 3.63) is 93.5 Å². The van der Waals surface area contributed by atoms with Crippen molar-refractivity contribution in [1.82, 2.24) is 5.32 Å². The Labute approximate surface area is 194 Å². The van der Waals surface area contributed by atoms with E-state index in [1.165, 1.54) is 17.2 Å². The molecule has 0 unspecified atom stereocenters. The van der Waals surface area contributed by atoms with Crippen LogP contribution in [0.1, 0.15) is 39.4 Å². The number of nitrogens with one attached hydrogen (secondary N) is 1. The van der Waals surface area contributed by atoms with Crippen molar-refractivity contribution in [1.29, 1.82) is 0 Å². The standard InChI is InChI=1S/C26H20BrNO4/c27-18-12-13-19(25(29)30)17(15-18)7-5-6-14-28-26(31)32-16-24-22-10-3-1-8-20(22)21-9-2-4-11-23(21)24/h1-4,8-13,15,24H,6,14,16H2,(H,28,31)(H,29,30). The van der Waals surface area contributed by atoms with E-state index in [0.717, 1.165) is 15.6 Å². The van der Waals surface area contributed by atoms with Crippen LogP contribution in [0.4, 0.5) is 4.79 Å². The summed E-state index contributed by atoms with van der Waals surface area (Å²) in [6, 6.07) is 21.2. The number of halogens is 1. The van der Waals surface area contributed by atoms with Crippen molar-refractivity contribution in [3.8, 4) is 23.0 Å². The molecule has 0 bridgehead atoms. The Kier molecular flexibility index (Phi) is 6.58. The Morgan fingerprint density at radius 3 is 2.31 bits per heavy atom. The summed E-state index contributed by atoms with van der Waals surface area (Å²) in [6.45, 7) is 0.561. The number of hydrogen-bond donors (Lipinski definition) is 2. The SMILES string of the molecule is O=C(NCCC#Cc1cc(Br)ccc1C(=O)O)OCC1c2ccccc2-c2ccccc21. The largest absolute Gasteiger partial charge is 0.478 e. The quantitative estimate of drug-likeness (QED) is 0.370. The van der Waals surface area contributed by atoms with Crippen molar-refractivity contribution in [2.45, 2.75) is 12.3 Å². The van der Waals surface area contributed by atoms with Gasteiger partial charge in [-0.15, -0.1) is 0 Å². The van der Waals surface area contributed by atoms with E-state index in [4.69, 9.17) is 4.74 Å². The Hall–Kier alpha value is -3.56. The lowest BCUT2D eigenvalue weighted by Crippen LogP contribution is -2.26. The number of carboxylic acid groups (broad SMARTS) is 1. The van der Waals surface area contributed by atoms with Crippen molar-refractivity contribution >= 4 is 28.0 Å². The number of rotatable bonds is 5. The topological polar surface area (TPSA) is 75.6 Å². The molecule has 0 aliphatic heterocycles. The van der Waals surface area contributed by atoms with E-state index < -0.39 is 12.1 Å². The zero-order chi connectivity index (χ0) is 22.5. The fraction of sp³-hybridized carbons (Fsp3) is 0.154. The van der Waals surface area contributed by atoms with Gasteiger partial charge in [0.25, 0.3) is 0 Å². The minimum atomic E-state index is -1.03. The van der Waals surface area contributed by atoms with Crippen LogP contribution < -0.4 is 5.32 Å². The Morgan fingerprint density at radius 2 is 1.66 bits per heavy atom. The highest BCUT2D eigenvalue weighted by Crippen LogP contribution is 2.44. The number of alkyl carbamates (subject to hydrolysis) is 1. The average molecular weight is 490 g/mol. The summed E-state index contributed by atoms with van der Waals surface area (Å²) in [4.78, 5) is 23.5. The molecule has 0 atom stereocenters. The second-order valence-corrected chi connectivity index (χ2v) is 8.21. The van der Waals surface area contributed by atoms with Gasteiger partial charge in [-0.05, 0) is 40.5 Å². The number of carbonyl (C=O) groups excluding carboxylic acids is 1. The van der Waals surface area contributed by atoms with Gasteiger partial charge >= 0.3 is 12.1 Å². The van der Waals surface area contributed by atoms with E-state index in [-0.39, 0.29) is 18.1 Å².